The average Bonchev–Trinajstić information content (AvgIpc) is 2.74. The minimum Gasteiger partial charge on any atom is -0.495 e. The van der Waals surface area contributed by atoms with E-state index in [2.05, 4.69) is 16.9 Å². The van der Waals surface area contributed by atoms with Crippen molar-refractivity contribution in [2.75, 3.05) is 20.8 Å². The zero-order valence-electron chi connectivity index (χ0n) is 17.4. The molecule has 0 amide bonds. The third-order valence-electron chi connectivity index (χ3n) is 4.24. The normalized spacial score (nSPS) is 11.5. The molecule has 2 aromatic rings. The fourth-order valence-corrected chi connectivity index (χ4v) is 3.90. The molecule has 2 rings (SSSR count). The summed E-state index contributed by atoms with van der Waals surface area (Å²) in [4.78, 5) is 2.06. The van der Waals surface area contributed by atoms with Crippen LogP contribution >= 0.6 is 11.6 Å². The van der Waals surface area contributed by atoms with Crippen molar-refractivity contribution in [2.24, 2.45) is 5.10 Å². The summed E-state index contributed by atoms with van der Waals surface area (Å²) in [7, 11) is -1.02. The Labute approximate surface area is 183 Å². The Morgan fingerprint density at radius 2 is 1.73 bits per heavy atom. The molecule has 0 radical (unpaired) electrons. The first kappa shape index (κ1) is 23.8. The first-order chi connectivity index (χ1) is 14.4. The molecule has 0 aromatic heterocycles. The molecule has 9 heteroatoms. The molecule has 0 atom stereocenters. The van der Waals surface area contributed by atoms with Crippen LogP contribution in [0.3, 0.4) is 0 Å². The molecule has 0 aliphatic carbocycles. The molecular formula is C21H27ClN2O5S. The van der Waals surface area contributed by atoms with Gasteiger partial charge < -0.3 is 14.2 Å². The SMILES string of the molecule is CCCCCCOc1ccc(/C=N/NS(=O)(=O)c2cc(Cl)ccc2OC)cc1OC. The minimum absolute atomic E-state index is 0.0981. The lowest BCUT2D eigenvalue weighted by molar-refractivity contribution is 0.285. The van der Waals surface area contributed by atoms with E-state index in [9.17, 15) is 8.42 Å². The molecule has 0 heterocycles. The van der Waals surface area contributed by atoms with E-state index in [4.69, 9.17) is 25.8 Å². The van der Waals surface area contributed by atoms with Crippen LogP contribution in [0, 0.1) is 0 Å². The third-order valence-corrected chi connectivity index (χ3v) is 5.72. The van der Waals surface area contributed by atoms with E-state index in [0.29, 0.717) is 23.7 Å². The number of ether oxygens (including phenoxy) is 3. The highest BCUT2D eigenvalue weighted by Crippen LogP contribution is 2.28. The molecule has 0 aliphatic heterocycles. The van der Waals surface area contributed by atoms with Crippen LogP contribution in [-0.2, 0) is 10.0 Å². The fraction of sp³-hybridized carbons (Fsp3) is 0.381. The van der Waals surface area contributed by atoms with E-state index in [1.807, 2.05) is 0 Å². The number of halogens is 1. The van der Waals surface area contributed by atoms with Crippen molar-refractivity contribution < 1.29 is 22.6 Å². The highest BCUT2D eigenvalue weighted by molar-refractivity contribution is 7.89. The van der Waals surface area contributed by atoms with Crippen molar-refractivity contribution in [3.05, 3.63) is 47.0 Å². The van der Waals surface area contributed by atoms with Gasteiger partial charge in [-0.15, -0.1) is 0 Å². The van der Waals surface area contributed by atoms with E-state index < -0.39 is 10.0 Å². The zero-order valence-corrected chi connectivity index (χ0v) is 18.9. The Balaban J connectivity index is 2.06. The summed E-state index contributed by atoms with van der Waals surface area (Å²) < 4.78 is 41.3. The first-order valence-electron chi connectivity index (χ1n) is 9.60. The van der Waals surface area contributed by atoms with Gasteiger partial charge in [0.1, 0.15) is 10.6 Å². The lowest BCUT2D eigenvalue weighted by Gasteiger charge is -2.11. The standard InChI is InChI=1S/C21H27ClN2O5S/c1-4-5-6-7-12-29-18-10-8-16(13-20(18)28-3)15-23-24-30(25,26)21-14-17(22)9-11-19(21)27-2/h8-11,13-15,24H,4-7,12H2,1-3H3/b23-15+. The molecule has 2 aromatic carbocycles. The van der Waals surface area contributed by atoms with Crippen LogP contribution in [-0.4, -0.2) is 35.5 Å². The number of rotatable bonds is 12. The van der Waals surface area contributed by atoms with Crippen LogP contribution in [0.25, 0.3) is 0 Å². The summed E-state index contributed by atoms with van der Waals surface area (Å²) in [5, 5.41) is 4.11. The second-order valence-corrected chi connectivity index (χ2v) is 8.53. The van der Waals surface area contributed by atoms with Crippen molar-refractivity contribution in [2.45, 2.75) is 37.5 Å². The number of benzene rings is 2. The molecule has 0 unspecified atom stereocenters. The highest BCUT2D eigenvalue weighted by Gasteiger charge is 2.19. The van der Waals surface area contributed by atoms with Gasteiger partial charge >= 0.3 is 0 Å². The molecule has 0 aliphatic rings. The Morgan fingerprint density at radius 3 is 2.43 bits per heavy atom. The van der Waals surface area contributed by atoms with Crippen LogP contribution in [0.5, 0.6) is 17.2 Å². The van der Waals surface area contributed by atoms with E-state index in [1.165, 1.54) is 38.3 Å². The van der Waals surface area contributed by atoms with Crippen molar-refractivity contribution in [1.82, 2.24) is 4.83 Å². The molecule has 0 fully saturated rings. The summed E-state index contributed by atoms with van der Waals surface area (Å²) in [6.07, 6.45) is 5.84. The molecule has 0 saturated heterocycles. The predicted octanol–water partition coefficient (Wildman–Crippen LogP) is 4.63. The fourth-order valence-electron chi connectivity index (χ4n) is 2.67. The Kier molecular flexibility index (Phi) is 9.26. The maximum Gasteiger partial charge on any atom is 0.280 e. The summed E-state index contributed by atoms with van der Waals surface area (Å²) in [6.45, 7) is 2.78. The van der Waals surface area contributed by atoms with Crippen LogP contribution in [0.2, 0.25) is 5.02 Å². The number of methoxy groups -OCH3 is 2. The van der Waals surface area contributed by atoms with Crippen LogP contribution < -0.4 is 19.0 Å². The number of hydrogen-bond donors (Lipinski definition) is 1. The summed E-state index contributed by atoms with van der Waals surface area (Å²) in [5.74, 6) is 1.36. The summed E-state index contributed by atoms with van der Waals surface area (Å²) >= 11 is 5.91. The van der Waals surface area contributed by atoms with Gasteiger partial charge in [-0.2, -0.15) is 18.4 Å². The molecule has 7 nitrogen and oxygen atoms in total. The van der Waals surface area contributed by atoms with E-state index >= 15 is 0 Å². The quantitative estimate of drug-likeness (QED) is 0.287. The van der Waals surface area contributed by atoms with Gasteiger partial charge in [0.15, 0.2) is 11.5 Å². The predicted molar refractivity (Wildman–Crippen MR) is 119 cm³/mol. The number of hydrazone groups is 1. The van der Waals surface area contributed by atoms with Gasteiger partial charge in [0, 0.05) is 5.02 Å². The molecule has 0 bridgehead atoms. The van der Waals surface area contributed by atoms with Crippen molar-refractivity contribution in [3.63, 3.8) is 0 Å². The van der Waals surface area contributed by atoms with E-state index in [1.54, 1.807) is 31.4 Å². The number of unbranched alkanes of at least 4 members (excludes halogenated alkanes) is 3. The Hall–Kier alpha value is -2.45. The summed E-state index contributed by atoms with van der Waals surface area (Å²) in [5.41, 5.74) is 0.644. The average molecular weight is 455 g/mol. The molecule has 0 saturated carbocycles. The topological polar surface area (TPSA) is 86.2 Å². The van der Waals surface area contributed by atoms with Gasteiger partial charge in [0.05, 0.1) is 27.0 Å². The molecule has 30 heavy (non-hydrogen) atoms. The van der Waals surface area contributed by atoms with Gasteiger partial charge in [-0.1, -0.05) is 37.8 Å². The van der Waals surface area contributed by atoms with Crippen LogP contribution in [0.1, 0.15) is 38.2 Å². The van der Waals surface area contributed by atoms with Gasteiger partial charge in [-0.05, 0) is 48.4 Å². The number of hydrogen-bond acceptors (Lipinski definition) is 6. The Bertz CT molecular complexity index is 964. The van der Waals surface area contributed by atoms with Crippen molar-refractivity contribution in [1.29, 1.82) is 0 Å². The number of nitrogens with one attached hydrogen (secondary N) is 1. The van der Waals surface area contributed by atoms with E-state index in [0.717, 1.165) is 12.8 Å². The smallest absolute Gasteiger partial charge is 0.280 e. The van der Waals surface area contributed by atoms with Crippen LogP contribution in [0.15, 0.2) is 46.4 Å². The van der Waals surface area contributed by atoms with Crippen molar-refractivity contribution >= 4 is 27.8 Å². The van der Waals surface area contributed by atoms with Gasteiger partial charge in [-0.25, -0.2) is 0 Å². The molecule has 164 valence electrons. The van der Waals surface area contributed by atoms with Gasteiger partial charge in [0.25, 0.3) is 10.0 Å². The first-order valence-corrected chi connectivity index (χ1v) is 11.5. The number of sulfonamides is 1. The highest BCUT2D eigenvalue weighted by atomic mass is 35.5. The van der Waals surface area contributed by atoms with Gasteiger partial charge in [0.2, 0.25) is 0 Å². The largest absolute Gasteiger partial charge is 0.495 e. The molecular weight excluding hydrogens is 428 g/mol. The molecule has 1 N–H and O–H groups in total. The lowest BCUT2D eigenvalue weighted by Crippen LogP contribution is -2.19. The zero-order chi connectivity index (χ0) is 22.0. The lowest BCUT2D eigenvalue weighted by atomic mass is 10.2. The maximum absolute atomic E-state index is 12.5. The summed E-state index contributed by atoms with van der Waals surface area (Å²) in [6, 6.07) is 9.58. The number of nitrogens with zero attached hydrogens (tertiary/aromatic N) is 1. The Morgan fingerprint density at radius 1 is 1.00 bits per heavy atom. The monoisotopic (exact) mass is 454 g/mol. The second kappa shape index (κ2) is 11.7. The third kappa shape index (κ3) is 6.81. The van der Waals surface area contributed by atoms with Crippen LogP contribution in [0.4, 0.5) is 0 Å². The van der Waals surface area contributed by atoms with Crippen molar-refractivity contribution in [3.8, 4) is 17.2 Å². The maximum atomic E-state index is 12.5. The molecule has 0 spiro atoms. The van der Waals surface area contributed by atoms with E-state index in [-0.39, 0.29) is 15.7 Å². The van der Waals surface area contributed by atoms with Gasteiger partial charge in [-0.3, -0.25) is 0 Å². The minimum atomic E-state index is -3.95. The second-order valence-electron chi connectivity index (χ2n) is 6.47.